The molecule has 0 aliphatic carbocycles. The number of methoxy groups -OCH3 is 1. The predicted molar refractivity (Wildman–Crippen MR) is 86.8 cm³/mol. The predicted octanol–water partition coefficient (Wildman–Crippen LogP) is 2.30. The van der Waals surface area contributed by atoms with E-state index in [1.54, 1.807) is 26.0 Å². The van der Waals surface area contributed by atoms with Crippen LogP contribution in [0.2, 0.25) is 0 Å². The van der Waals surface area contributed by atoms with Gasteiger partial charge < -0.3 is 14.6 Å². The normalized spacial score (nSPS) is 14.6. The number of hydrogen-bond donors (Lipinski definition) is 2. The van der Waals surface area contributed by atoms with Crippen LogP contribution < -0.4 is 9.84 Å². The number of benzene rings is 1. The van der Waals surface area contributed by atoms with E-state index in [1.165, 1.54) is 19.2 Å². The molecule has 2 N–H and O–H groups in total. The molecule has 0 aliphatic rings. The first-order valence-corrected chi connectivity index (χ1v) is 8.73. The zero-order valence-corrected chi connectivity index (χ0v) is 14.9. The molecule has 1 amide bonds. The summed E-state index contributed by atoms with van der Waals surface area (Å²) in [7, 11) is -1.83. The quantitative estimate of drug-likeness (QED) is 0.685. The molecule has 1 unspecified atom stereocenters. The van der Waals surface area contributed by atoms with E-state index in [4.69, 9.17) is 4.52 Å². The van der Waals surface area contributed by atoms with Crippen LogP contribution in [-0.2, 0) is 25.0 Å². The van der Waals surface area contributed by atoms with Crippen molar-refractivity contribution in [2.75, 3.05) is 14.2 Å². The highest BCUT2D eigenvalue weighted by Crippen LogP contribution is 2.42. The summed E-state index contributed by atoms with van der Waals surface area (Å²) in [6, 6.07) is 5.49. The molecule has 0 spiro atoms. The minimum absolute atomic E-state index is 0.125. The largest absolute Gasteiger partial charge is 0.527 e. The van der Waals surface area contributed by atoms with Crippen molar-refractivity contribution in [3.05, 3.63) is 29.8 Å². The van der Waals surface area contributed by atoms with Gasteiger partial charge in [-0.25, -0.2) is 9.36 Å². The lowest BCUT2D eigenvalue weighted by molar-refractivity contribution is -0.123. The molecule has 1 rings (SSSR count). The SMILES string of the molecule is COC(=O)N[C@@H](Cc1ccc(OP(=O)(O)OC)cc1)C(=O)C(C)C. The van der Waals surface area contributed by atoms with Gasteiger partial charge in [-0.15, -0.1) is 0 Å². The highest BCUT2D eigenvalue weighted by Gasteiger charge is 2.24. The second-order valence-electron chi connectivity index (χ2n) is 5.34. The van der Waals surface area contributed by atoms with E-state index in [1.807, 2.05) is 0 Å². The smallest absolute Gasteiger partial charge is 0.453 e. The van der Waals surface area contributed by atoms with Crippen molar-refractivity contribution in [1.29, 1.82) is 0 Å². The van der Waals surface area contributed by atoms with Crippen LogP contribution in [0.3, 0.4) is 0 Å². The number of Topliss-reactive ketones (excluding diaryl/α,β-unsaturated/α-hetero) is 1. The monoisotopic (exact) mass is 359 g/mol. The fraction of sp³-hybridized carbons (Fsp3) is 0.467. The van der Waals surface area contributed by atoms with Gasteiger partial charge >= 0.3 is 13.9 Å². The lowest BCUT2D eigenvalue weighted by Crippen LogP contribution is -2.44. The molecule has 2 atom stereocenters. The number of phosphoric ester groups is 1. The third kappa shape index (κ3) is 6.31. The van der Waals surface area contributed by atoms with Crippen molar-refractivity contribution in [2.24, 2.45) is 5.92 Å². The second kappa shape index (κ2) is 8.82. The van der Waals surface area contributed by atoms with Crippen molar-refractivity contribution in [3.63, 3.8) is 0 Å². The van der Waals surface area contributed by atoms with Gasteiger partial charge in [0.2, 0.25) is 0 Å². The van der Waals surface area contributed by atoms with Crippen LogP contribution in [0, 0.1) is 5.92 Å². The van der Waals surface area contributed by atoms with Gasteiger partial charge in [-0.05, 0) is 24.1 Å². The van der Waals surface area contributed by atoms with Crippen molar-refractivity contribution in [2.45, 2.75) is 26.3 Å². The summed E-state index contributed by atoms with van der Waals surface area (Å²) in [6.45, 7) is 3.49. The van der Waals surface area contributed by atoms with Crippen LogP contribution in [0.15, 0.2) is 24.3 Å². The zero-order chi connectivity index (χ0) is 18.3. The zero-order valence-electron chi connectivity index (χ0n) is 14.0. The lowest BCUT2D eigenvalue weighted by atomic mass is 9.96. The third-order valence-corrected chi connectivity index (χ3v) is 4.11. The molecule has 0 bridgehead atoms. The Morgan fingerprint density at radius 3 is 2.25 bits per heavy atom. The van der Waals surface area contributed by atoms with E-state index in [-0.39, 0.29) is 23.9 Å². The Labute approximate surface area is 140 Å². The van der Waals surface area contributed by atoms with Gasteiger partial charge in [0.25, 0.3) is 0 Å². The van der Waals surface area contributed by atoms with Crippen LogP contribution in [0.25, 0.3) is 0 Å². The van der Waals surface area contributed by atoms with Crippen molar-refractivity contribution < 1.29 is 32.8 Å². The van der Waals surface area contributed by atoms with Gasteiger partial charge in [0.05, 0.1) is 13.2 Å². The van der Waals surface area contributed by atoms with Crippen LogP contribution in [0.4, 0.5) is 4.79 Å². The number of carbonyl (C=O) groups is 2. The molecule has 0 aliphatic heterocycles. The number of ketones is 1. The highest BCUT2D eigenvalue weighted by atomic mass is 31.2. The molecular formula is C15H22NO7P. The Balaban J connectivity index is 2.84. The minimum Gasteiger partial charge on any atom is -0.453 e. The average molecular weight is 359 g/mol. The molecule has 134 valence electrons. The Morgan fingerprint density at radius 1 is 1.21 bits per heavy atom. The third-order valence-electron chi connectivity index (χ3n) is 3.20. The Kier molecular flexibility index (Phi) is 7.41. The average Bonchev–Trinajstić information content (AvgIpc) is 2.54. The maximum absolute atomic E-state index is 12.2. The van der Waals surface area contributed by atoms with Gasteiger partial charge in [0.1, 0.15) is 5.75 Å². The van der Waals surface area contributed by atoms with Crippen LogP contribution >= 0.6 is 7.82 Å². The summed E-state index contributed by atoms with van der Waals surface area (Å²) in [5, 5.41) is 2.51. The molecular weight excluding hydrogens is 337 g/mol. The maximum atomic E-state index is 12.2. The summed E-state index contributed by atoms with van der Waals surface area (Å²) >= 11 is 0. The topological polar surface area (TPSA) is 111 Å². The van der Waals surface area contributed by atoms with E-state index in [9.17, 15) is 19.0 Å². The van der Waals surface area contributed by atoms with E-state index in [0.29, 0.717) is 0 Å². The molecule has 0 radical (unpaired) electrons. The second-order valence-corrected chi connectivity index (χ2v) is 6.82. The molecule has 9 heteroatoms. The number of nitrogens with one attached hydrogen (secondary N) is 1. The van der Waals surface area contributed by atoms with Crippen LogP contribution in [0.1, 0.15) is 19.4 Å². The first-order valence-electron chi connectivity index (χ1n) is 7.23. The van der Waals surface area contributed by atoms with E-state index < -0.39 is 20.0 Å². The van der Waals surface area contributed by atoms with Crippen molar-refractivity contribution >= 4 is 19.7 Å². The summed E-state index contributed by atoms with van der Waals surface area (Å²) in [5.74, 6) is -0.226. The van der Waals surface area contributed by atoms with Gasteiger partial charge in [0.15, 0.2) is 5.78 Å². The summed E-state index contributed by atoms with van der Waals surface area (Å²) in [4.78, 5) is 32.9. The number of rotatable bonds is 8. The molecule has 8 nitrogen and oxygen atoms in total. The van der Waals surface area contributed by atoms with Crippen LogP contribution in [-0.4, -0.2) is 37.0 Å². The Hall–Kier alpha value is -1.89. The number of phosphoric acid groups is 1. The summed E-state index contributed by atoms with van der Waals surface area (Å²) in [6.07, 6.45) is -0.428. The van der Waals surface area contributed by atoms with E-state index >= 15 is 0 Å². The molecule has 0 heterocycles. The molecule has 0 saturated heterocycles. The Morgan fingerprint density at radius 2 is 1.79 bits per heavy atom. The molecule has 0 fully saturated rings. The lowest BCUT2D eigenvalue weighted by Gasteiger charge is -2.19. The number of amides is 1. The molecule has 24 heavy (non-hydrogen) atoms. The summed E-state index contributed by atoms with van der Waals surface area (Å²) in [5.41, 5.74) is 0.739. The molecule has 1 aromatic carbocycles. The Bertz CT molecular complexity index is 615. The van der Waals surface area contributed by atoms with Crippen LogP contribution in [0.5, 0.6) is 5.75 Å². The van der Waals surface area contributed by atoms with Crippen molar-refractivity contribution in [1.82, 2.24) is 5.32 Å². The van der Waals surface area contributed by atoms with Crippen molar-refractivity contribution in [3.8, 4) is 5.75 Å². The first-order chi connectivity index (χ1) is 11.2. The van der Waals surface area contributed by atoms with E-state index in [2.05, 4.69) is 14.6 Å². The van der Waals surface area contributed by atoms with Gasteiger partial charge in [0, 0.05) is 13.0 Å². The fourth-order valence-electron chi connectivity index (χ4n) is 1.92. The minimum atomic E-state index is -4.12. The molecule has 0 saturated carbocycles. The fourth-order valence-corrected chi connectivity index (χ4v) is 2.38. The molecule has 0 aromatic heterocycles. The number of carbonyl (C=O) groups excluding carboxylic acids is 2. The highest BCUT2D eigenvalue weighted by molar-refractivity contribution is 7.47. The van der Waals surface area contributed by atoms with Gasteiger partial charge in [-0.3, -0.25) is 14.2 Å². The van der Waals surface area contributed by atoms with Gasteiger partial charge in [-0.1, -0.05) is 26.0 Å². The number of hydrogen-bond acceptors (Lipinski definition) is 6. The molecule has 1 aromatic rings. The summed E-state index contributed by atoms with van der Waals surface area (Å²) < 4.78 is 25.0. The maximum Gasteiger partial charge on any atom is 0.527 e. The number of ether oxygens (including phenoxy) is 1. The standard InChI is InChI=1S/C15H22NO7P/c1-10(2)14(17)13(16-15(18)21-3)9-11-5-7-12(8-6-11)23-24(19,20)22-4/h5-8,10,13H,9H2,1-4H3,(H,16,18)(H,19,20)/t13-/m0/s1. The van der Waals surface area contributed by atoms with E-state index in [0.717, 1.165) is 12.7 Å². The van der Waals surface area contributed by atoms with Gasteiger partial charge in [-0.2, -0.15) is 0 Å². The first kappa shape index (κ1) is 20.2. The number of alkyl carbamates (subject to hydrolysis) is 1.